The minimum Gasteiger partial charge on any atom is -0.439 e. The van der Waals surface area contributed by atoms with Crippen LogP contribution in [0.1, 0.15) is 11.5 Å². The zero-order chi connectivity index (χ0) is 14.7. The van der Waals surface area contributed by atoms with E-state index in [-0.39, 0.29) is 0 Å². The van der Waals surface area contributed by atoms with Crippen LogP contribution in [-0.4, -0.2) is 23.5 Å². The lowest BCUT2D eigenvalue weighted by atomic mass is 10.1. The first kappa shape index (κ1) is 13.6. The van der Waals surface area contributed by atoms with Gasteiger partial charge in [-0.2, -0.15) is 0 Å². The summed E-state index contributed by atoms with van der Waals surface area (Å²) in [6, 6.07) is 16.0. The molecule has 1 aromatic heterocycles. The number of nitrogens with two attached hydrogens (primary N) is 1. The van der Waals surface area contributed by atoms with Crippen molar-refractivity contribution in [3.8, 4) is 0 Å². The lowest BCUT2D eigenvalue weighted by Crippen LogP contribution is -2.20. The van der Waals surface area contributed by atoms with Crippen LogP contribution in [0.2, 0.25) is 0 Å². The summed E-state index contributed by atoms with van der Waals surface area (Å²) in [4.78, 5) is 6.69. The molecule has 4 heteroatoms. The van der Waals surface area contributed by atoms with E-state index in [1.54, 1.807) is 0 Å². The van der Waals surface area contributed by atoms with Gasteiger partial charge in [0.05, 0.1) is 6.54 Å². The van der Waals surface area contributed by atoms with Crippen LogP contribution in [-0.2, 0) is 13.0 Å². The normalized spacial score (nSPS) is 11.3. The minimum atomic E-state index is 0.696. The molecular weight excluding hydrogens is 262 g/mol. The molecule has 21 heavy (non-hydrogen) atoms. The van der Waals surface area contributed by atoms with Crippen LogP contribution in [0.3, 0.4) is 0 Å². The molecular formula is C17H19N3O. The number of anilines is 1. The molecule has 0 amide bonds. The van der Waals surface area contributed by atoms with Crippen LogP contribution >= 0.6 is 0 Å². The molecule has 2 aromatic carbocycles. The molecule has 0 unspecified atom stereocenters. The van der Waals surface area contributed by atoms with Crippen LogP contribution in [0.25, 0.3) is 11.1 Å². The first-order valence-electron chi connectivity index (χ1n) is 7.08. The largest absolute Gasteiger partial charge is 0.439 e. The number of rotatable bonds is 5. The number of nitrogens with zero attached hydrogens (tertiary/aromatic N) is 2. The second-order valence-corrected chi connectivity index (χ2v) is 5.31. The van der Waals surface area contributed by atoms with Crippen molar-refractivity contribution < 1.29 is 4.42 Å². The molecule has 1 heterocycles. The summed E-state index contributed by atoms with van der Waals surface area (Å²) >= 11 is 0. The maximum atomic E-state index is 5.75. The van der Waals surface area contributed by atoms with Crippen LogP contribution in [0, 0.1) is 0 Å². The molecule has 0 aliphatic rings. The van der Waals surface area contributed by atoms with E-state index in [2.05, 4.69) is 41.2 Å². The molecule has 0 fully saturated rings. The fraction of sp³-hybridized carbons (Fsp3) is 0.235. The quantitative estimate of drug-likeness (QED) is 0.730. The predicted octanol–water partition coefficient (Wildman–Crippen LogP) is 3.08. The number of likely N-dealkylation sites (N-methyl/N-ethyl adjacent to an activating group) is 1. The third-order valence-corrected chi connectivity index (χ3v) is 3.49. The molecule has 4 nitrogen and oxygen atoms in total. The molecule has 3 rings (SSSR count). The Morgan fingerprint density at radius 1 is 1.14 bits per heavy atom. The van der Waals surface area contributed by atoms with Crippen molar-refractivity contribution in [1.29, 1.82) is 0 Å². The third kappa shape index (κ3) is 3.41. The van der Waals surface area contributed by atoms with Gasteiger partial charge >= 0.3 is 0 Å². The SMILES string of the molecule is CN(CCc1ccccc1)Cc1nc2ccc(N)cc2o1. The molecule has 2 N–H and O–H groups in total. The van der Waals surface area contributed by atoms with Gasteiger partial charge in [0.1, 0.15) is 5.52 Å². The molecule has 0 aliphatic heterocycles. The summed E-state index contributed by atoms with van der Waals surface area (Å²) in [7, 11) is 2.08. The topological polar surface area (TPSA) is 55.3 Å². The molecule has 0 saturated carbocycles. The van der Waals surface area contributed by atoms with Gasteiger partial charge in [0.2, 0.25) is 5.89 Å². The zero-order valence-electron chi connectivity index (χ0n) is 12.1. The number of hydrogen-bond donors (Lipinski definition) is 1. The second kappa shape index (κ2) is 5.97. The highest BCUT2D eigenvalue weighted by atomic mass is 16.3. The van der Waals surface area contributed by atoms with Crippen molar-refractivity contribution in [2.24, 2.45) is 0 Å². The van der Waals surface area contributed by atoms with Gasteiger partial charge in [-0.25, -0.2) is 4.98 Å². The van der Waals surface area contributed by atoms with Crippen LogP contribution in [0.15, 0.2) is 52.9 Å². The van der Waals surface area contributed by atoms with Gasteiger partial charge < -0.3 is 10.2 Å². The molecule has 0 saturated heterocycles. The Hall–Kier alpha value is -2.33. The summed E-state index contributed by atoms with van der Waals surface area (Å²) in [6.45, 7) is 1.66. The Balaban J connectivity index is 1.62. The Kier molecular flexibility index (Phi) is 3.88. The Morgan fingerprint density at radius 3 is 2.76 bits per heavy atom. The van der Waals surface area contributed by atoms with Crippen molar-refractivity contribution in [3.05, 3.63) is 60.0 Å². The Bertz CT molecular complexity index is 721. The fourth-order valence-electron chi connectivity index (χ4n) is 2.33. The van der Waals surface area contributed by atoms with Crippen molar-refractivity contribution in [2.45, 2.75) is 13.0 Å². The molecule has 0 atom stereocenters. The van der Waals surface area contributed by atoms with E-state index in [0.717, 1.165) is 30.0 Å². The Labute approximate surface area is 124 Å². The van der Waals surface area contributed by atoms with E-state index in [0.29, 0.717) is 12.2 Å². The number of nitrogen functional groups attached to an aromatic ring is 1. The van der Waals surface area contributed by atoms with Gasteiger partial charge in [-0.3, -0.25) is 4.90 Å². The van der Waals surface area contributed by atoms with Gasteiger partial charge in [0, 0.05) is 18.3 Å². The molecule has 0 bridgehead atoms. The number of fused-ring (bicyclic) bond motifs is 1. The molecule has 3 aromatic rings. The van der Waals surface area contributed by atoms with Crippen LogP contribution < -0.4 is 5.73 Å². The summed E-state index contributed by atoms with van der Waals surface area (Å²) < 4.78 is 5.74. The van der Waals surface area contributed by atoms with Crippen LogP contribution in [0.5, 0.6) is 0 Å². The molecule has 108 valence electrons. The first-order valence-corrected chi connectivity index (χ1v) is 7.08. The predicted molar refractivity (Wildman–Crippen MR) is 84.9 cm³/mol. The highest BCUT2D eigenvalue weighted by molar-refractivity contribution is 5.76. The minimum absolute atomic E-state index is 0.696. The number of hydrogen-bond acceptors (Lipinski definition) is 4. The second-order valence-electron chi connectivity index (χ2n) is 5.31. The van der Waals surface area contributed by atoms with E-state index < -0.39 is 0 Å². The third-order valence-electron chi connectivity index (χ3n) is 3.49. The summed E-state index contributed by atoms with van der Waals surface area (Å²) in [6.07, 6.45) is 1.02. The molecule has 0 spiro atoms. The first-order chi connectivity index (χ1) is 10.2. The highest BCUT2D eigenvalue weighted by Gasteiger charge is 2.08. The maximum Gasteiger partial charge on any atom is 0.209 e. The van der Waals surface area contributed by atoms with Gasteiger partial charge in [-0.1, -0.05) is 30.3 Å². The molecule has 0 aliphatic carbocycles. The van der Waals surface area contributed by atoms with Crippen molar-refractivity contribution in [1.82, 2.24) is 9.88 Å². The van der Waals surface area contributed by atoms with Crippen molar-refractivity contribution >= 4 is 16.8 Å². The van der Waals surface area contributed by atoms with E-state index in [9.17, 15) is 0 Å². The van der Waals surface area contributed by atoms with E-state index in [1.165, 1.54) is 5.56 Å². The monoisotopic (exact) mass is 281 g/mol. The average molecular weight is 281 g/mol. The van der Waals surface area contributed by atoms with Crippen molar-refractivity contribution in [2.75, 3.05) is 19.3 Å². The van der Waals surface area contributed by atoms with Gasteiger partial charge in [-0.05, 0) is 31.2 Å². The summed E-state index contributed by atoms with van der Waals surface area (Å²) in [5.41, 5.74) is 9.40. The molecule has 0 radical (unpaired) electrons. The van der Waals surface area contributed by atoms with E-state index in [4.69, 9.17) is 10.2 Å². The number of benzene rings is 2. The van der Waals surface area contributed by atoms with Crippen molar-refractivity contribution in [3.63, 3.8) is 0 Å². The zero-order valence-corrected chi connectivity index (χ0v) is 12.1. The highest BCUT2D eigenvalue weighted by Crippen LogP contribution is 2.19. The summed E-state index contributed by atoms with van der Waals surface area (Å²) in [5.74, 6) is 0.728. The lowest BCUT2D eigenvalue weighted by Gasteiger charge is -2.14. The van der Waals surface area contributed by atoms with Gasteiger partial charge in [0.15, 0.2) is 5.58 Å². The fourth-order valence-corrected chi connectivity index (χ4v) is 2.33. The Morgan fingerprint density at radius 2 is 1.95 bits per heavy atom. The lowest BCUT2D eigenvalue weighted by molar-refractivity contribution is 0.296. The maximum absolute atomic E-state index is 5.75. The van der Waals surface area contributed by atoms with E-state index in [1.807, 2.05) is 24.3 Å². The average Bonchev–Trinajstić information content (AvgIpc) is 2.87. The summed E-state index contributed by atoms with van der Waals surface area (Å²) in [5, 5.41) is 0. The van der Waals surface area contributed by atoms with Gasteiger partial charge in [0.25, 0.3) is 0 Å². The number of oxazole rings is 1. The standard InChI is InChI=1S/C17H19N3O/c1-20(10-9-13-5-3-2-4-6-13)12-17-19-15-8-7-14(18)11-16(15)21-17/h2-8,11H,9-10,12,18H2,1H3. The van der Waals surface area contributed by atoms with Crippen LogP contribution in [0.4, 0.5) is 5.69 Å². The van der Waals surface area contributed by atoms with Gasteiger partial charge in [-0.15, -0.1) is 0 Å². The smallest absolute Gasteiger partial charge is 0.209 e. The van der Waals surface area contributed by atoms with E-state index >= 15 is 0 Å². The number of aromatic nitrogens is 1.